The number of thiophene rings is 1. The SMILES string of the molecule is CC1CC(C)CC(C(=O)CCCc2cccs2)C1. The molecule has 0 aromatic carbocycles. The third-order valence-corrected chi connectivity index (χ3v) is 5.00. The second-order valence-corrected chi connectivity index (χ2v) is 7.05. The van der Waals surface area contributed by atoms with Gasteiger partial charge in [0.05, 0.1) is 0 Å². The quantitative estimate of drug-likeness (QED) is 0.752. The van der Waals surface area contributed by atoms with E-state index in [1.54, 1.807) is 11.3 Å². The van der Waals surface area contributed by atoms with E-state index in [9.17, 15) is 4.79 Å². The fourth-order valence-electron chi connectivity index (χ4n) is 3.31. The summed E-state index contributed by atoms with van der Waals surface area (Å²) >= 11 is 1.80. The Labute approximate surface area is 115 Å². The van der Waals surface area contributed by atoms with Gasteiger partial charge in [0, 0.05) is 17.2 Å². The van der Waals surface area contributed by atoms with Crippen LogP contribution in [0.25, 0.3) is 0 Å². The molecule has 0 saturated heterocycles. The van der Waals surface area contributed by atoms with Gasteiger partial charge in [-0.2, -0.15) is 0 Å². The molecule has 1 aliphatic carbocycles. The van der Waals surface area contributed by atoms with Gasteiger partial charge < -0.3 is 0 Å². The lowest BCUT2D eigenvalue weighted by molar-refractivity contribution is -0.124. The van der Waals surface area contributed by atoms with Crippen molar-refractivity contribution in [2.45, 2.75) is 52.4 Å². The molecule has 1 heterocycles. The van der Waals surface area contributed by atoms with Gasteiger partial charge >= 0.3 is 0 Å². The molecular weight excluding hydrogens is 240 g/mol. The third-order valence-electron chi connectivity index (χ3n) is 4.06. The number of hydrogen-bond acceptors (Lipinski definition) is 2. The summed E-state index contributed by atoms with van der Waals surface area (Å²) in [5.41, 5.74) is 0. The van der Waals surface area contributed by atoms with E-state index in [4.69, 9.17) is 0 Å². The zero-order valence-corrected chi connectivity index (χ0v) is 12.3. The third kappa shape index (κ3) is 3.94. The van der Waals surface area contributed by atoms with Crippen LogP contribution in [0.15, 0.2) is 17.5 Å². The summed E-state index contributed by atoms with van der Waals surface area (Å²) in [5, 5.41) is 2.11. The fraction of sp³-hybridized carbons (Fsp3) is 0.688. The lowest BCUT2D eigenvalue weighted by Crippen LogP contribution is -2.25. The van der Waals surface area contributed by atoms with Crippen LogP contribution < -0.4 is 0 Å². The molecule has 2 atom stereocenters. The lowest BCUT2D eigenvalue weighted by atomic mass is 9.74. The normalized spacial score (nSPS) is 28.2. The molecule has 1 aromatic rings. The van der Waals surface area contributed by atoms with Crippen molar-refractivity contribution in [1.29, 1.82) is 0 Å². The van der Waals surface area contributed by atoms with E-state index in [0.29, 0.717) is 11.7 Å². The highest BCUT2D eigenvalue weighted by Gasteiger charge is 2.28. The summed E-state index contributed by atoms with van der Waals surface area (Å²) in [7, 11) is 0. The zero-order valence-electron chi connectivity index (χ0n) is 11.5. The van der Waals surface area contributed by atoms with Crippen LogP contribution >= 0.6 is 11.3 Å². The number of Topliss-reactive ketones (excluding diaryl/α,β-unsaturated/α-hetero) is 1. The second-order valence-electron chi connectivity index (χ2n) is 6.01. The van der Waals surface area contributed by atoms with Crippen molar-refractivity contribution in [1.82, 2.24) is 0 Å². The van der Waals surface area contributed by atoms with Crippen LogP contribution in [0, 0.1) is 17.8 Å². The highest BCUT2D eigenvalue weighted by atomic mass is 32.1. The van der Waals surface area contributed by atoms with Crippen molar-refractivity contribution in [3.63, 3.8) is 0 Å². The number of aryl methyl sites for hydroxylation is 1. The molecular formula is C16H24OS. The molecule has 2 heteroatoms. The number of ketones is 1. The van der Waals surface area contributed by atoms with E-state index in [-0.39, 0.29) is 0 Å². The summed E-state index contributed by atoms with van der Waals surface area (Å²) in [6.45, 7) is 4.59. The van der Waals surface area contributed by atoms with Gasteiger partial charge in [-0.1, -0.05) is 19.9 Å². The predicted octanol–water partition coefficient (Wildman–Crippen LogP) is 4.71. The standard InChI is InChI=1S/C16H24OS/c1-12-9-13(2)11-14(10-12)16(17)7-3-5-15-6-4-8-18-15/h4,6,8,12-14H,3,5,7,9-11H2,1-2H3. The molecule has 18 heavy (non-hydrogen) atoms. The van der Waals surface area contributed by atoms with Crippen LogP contribution in [0.4, 0.5) is 0 Å². The maximum atomic E-state index is 12.2. The summed E-state index contributed by atoms with van der Waals surface area (Å²) in [4.78, 5) is 13.6. The van der Waals surface area contributed by atoms with Crippen molar-refractivity contribution < 1.29 is 4.79 Å². The number of hydrogen-bond donors (Lipinski definition) is 0. The smallest absolute Gasteiger partial charge is 0.136 e. The second kappa shape index (κ2) is 6.51. The van der Waals surface area contributed by atoms with Crippen LogP contribution in [0.3, 0.4) is 0 Å². The molecule has 0 radical (unpaired) electrons. The van der Waals surface area contributed by atoms with Gasteiger partial charge in [0.25, 0.3) is 0 Å². The topological polar surface area (TPSA) is 17.1 Å². The van der Waals surface area contributed by atoms with E-state index < -0.39 is 0 Å². The maximum Gasteiger partial charge on any atom is 0.136 e. The molecule has 1 fully saturated rings. The van der Waals surface area contributed by atoms with E-state index in [2.05, 4.69) is 31.4 Å². The number of rotatable bonds is 5. The van der Waals surface area contributed by atoms with E-state index in [1.165, 1.54) is 11.3 Å². The molecule has 0 bridgehead atoms. The van der Waals surface area contributed by atoms with Gasteiger partial charge in [0.1, 0.15) is 5.78 Å². The van der Waals surface area contributed by atoms with Gasteiger partial charge in [-0.25, -0.2) is 0 Å². The van der Waals surface area contributed by atoms with Gasteiger partial charge in [0.15, 0.2) is 0 Å². The molecule has 100 valence electrons. The van der Waals surface area contributed by atoms with E-state index >= 15 is 0 Å². The Morgan fingerprint density at radius 1 is 1.28 bits per heavy atom. The van der Waals surface area contributed by atoms with Gasteiger partial charge in [-0.15, -0.1) is 11.3 Å². The summed E-state index contributed by atoms with van der Waals surface area (Å²) < 4.78 is 0. The first-order valence-corrected chi connectivity index (χ1v) is 8.08. The van der Waals surface area contributed by atoms with Gasteiger partial charge in [-0.05, 0) is 55.4 Å². The van der Waals surface area contributed by atoms with Crippen LogP contribution in [0.5, 0.6) is 0 Å². The summed E-state index contributed by atoms with van der Waals surface area (Å²) in [6.07, 6.45) is 6.44. The minimum absolute atomic E-state index is 0.354. The maximum absolute atomic E-state index is 12.2. The largest absolute Gasteiger partial charge is 0.299 e. The first-order chi connectivity index (χ1) is 8.65. The zero-order chi connectivity index (χ0) is 13.0. The summed E-state index contributed by atoms with van der Waals surface area (Å²) in [6, 6.07) is 4.26. The average molecular weight is 264 g/mol. The van der Waals surface area contributed by atoms with Gasteiger partial charge in [-0.3, -0.25) is 4.79 Å². The van der Waals surface area contributed by atoms with Gasteiger partial charge in [0.2, 0.25) is 0 Å². The molecule has 1 saturated carbocycles. The Kier molecular flexibility index (Phi) is 4.99. The fourth-order valence-corrected chi connectivity index (χ4v) is 4.06. The lowest BCUT2D eigenvalue weighted by Gasteiger charge is -2.30. The minimum Gasteiger partial charge on any atom is -0.299 e. The minimum atomic E-state index is 0.354. The Hall–Kier alpha value is -0.630. The Bertz CT molecular complexity index is 358. The summed E-state index contributed by atoms with van der Waals surface area (Å²) in [5.74, 6) is 2.34. The Balaban J connectivity index is 1.74. The molecule has 0 amide bonds. The molecule has 2 rings (SSSR count). The molecule has 0 aliphatic heterocycles. The molecule has 1 aromatic heterocycles. The van der Waals surface area contributed by atoms with Crippen LogP contribution in [-0.4, -0.2) is 5.78 Å². The van der Waals surface area contributed by atoms with E-state index in [0.717, 1.165) is 43.9 Å². The highest BCUT2D eigenvalue weighted by molar-refractivity contribution is 7.09. The van der Waals surface area contributed by atoms with Crippen LogP contribution in [-0.2, 0) is 11.2 Å². The monoisotopic (exact) mass is 264 g/mol. The van der Waals surface area contributed by atoms with E-state index in [1.807, 2.05) is 0 Å². The number of carbonyl (C=O) groups excluding carboxylic acids is 1. The van der Waals surface area contributed by atoms with Crippen molar-refractivity contribution in [3.8, 4) is 0 Å². The van der Waals surface area contributed by atoms with Crippen molar-refractivity contribution in [2.75, 3.05) is 0 Å². The molecule has 0 N–H and O–H groups in total. The molecule has 1 nitrogen and oxygen atoms in total. The van der Waals surface area contributed by atoms with Crippen LogP contribution in [0.2, 0.25) is 0 Å². The predicted molar refractivity (Wildman–Crippen MR) is 77.9 cm³/mol. The van der Waals surface area contributed by atoms with Crippen molar-refractivity contribution >= 4 is 17.1 Å². The number of carbonyl (C=O) groups is 1. The first-order valence-electron chi connectivity index (χ1n) is 7.20. The van der Waals surface area contributed by atoms with Crippen LogP contribution in [0.1, 0.15) is 50.8 Å². The first kappa shape index (κ1) is 13.8. The molecule has 0 spiro atoms. The Morgan fingerprint density at radius 2 is 2.00 bits per heavy atom. The highest BCUT2D eigenvalue weighted by Crippen LogP contribution is 2.34. The molecule has 2 unspecified atom stereocenters. The van der Waals surface area contributed by atoms with Crippen molar-refractivity contribution in [2.24, 2.45) is 17.8 Å². The molecule has 1 aliphatic rings. The Morgan fingerprint density at radius 3 is 2.61 bits per heavy atom. The van der Waals surface area contributed by atoms with Crippen molar-refractivity contribution in [3.05, 3.63) is 22.4 Å². The average Bonchev–Trinajstić information content (AvgIpc) is 2.80.